The van der Waals surface area contributed by atoms with Crippen LogP contribution in [0.25, 0.3) is 0 Å². The number of carbonyl (C=O) groups excluding carboxylic acids is 2. The van der Waals surface area contributed by atoms with Gasteiger partial charge in [0.05, 0.1) is 18.3 Å². The zero-order valence-corrected chi connectivity index (χ0v) is 13.5. The lowest BCUT2D eigenvalue weighted by atomic mass is 9.91. The summed E-state index contributed by atoms with van der Waals surface area (Å²) in [4.78, 5) is 23.1. The highest BCUT2D eigenvalue weighted by atomic mass is 16.6. The third-order valence-electron chi connectivity index (χ3n) is 3.91. The van der Waals surface area contributed by atoms with Crippen LogP contribution in [-0.2, 0) is 19.1 Å². The van der Waals surface area contributed by atoms with Gasteiger partial charge in [0, 0.05) is 18.9 Å². The number of aliphatic hydroxyl groups is 2. The lowest BCUT2D eigenvalue weighted by molar-refractivity contribution is -0.144. The third-order valence-corrected chi connectivity index (χ3v) is 3.91. The summed E-state index contributed by atoms with van der Waals surface area (Å²) in [6.45, 7) is 4.55. The van der Waals surface area contributed by atoms with E-state index in [4.69, 9.17) is 9.47 Å². The van der Waals surface area contributed by atoms with Gasteiger partial charge >= 0.3 is 11.9 Å². The molecule has 6 nitrogen and oxygen atoms in total. The van der Waals surface area contributed by atoms with Crippen LogP contribution in [0.15, 0.2) is 34.4 Å². The summed E-state index contributed by atoms with van der Waals surface area (Å²) in [5, 5.41) is 19.9. The fraction of sp³-hybridized carbons (Fsp3) is 0.529. The maximum absolute atomic E-state index is 11.8. The quantitative estimate of drug-likeness (QED) is 0.586. The van der Waals surface area contributed by atoms with Gasteiger partial charge in [0.1, 0.15) is 12.2 Å². The molecule has 23 heavy (non-hydrogen) atoms. The first-order valence-corrected chi connectivity index (χ1v) is 7.56. The number of aliphatic hydroxyl groups excluding tert-OH is 2. The molecular weight excluding hydrogens is 300 g/mol. The van der Waals surface area contributed by atoms with E-state index in [2.05, 4.69) is 0 Å². The van der Waals surface area contributed by atoms with Gasteiger partial charge in [-0.3, -0.25) is 4.79 Å². The first-order chi connectivity index (χ1) is 10.8. The smallest absolute Gasteiger partial charge is 0.337 e. The van der Waals surface area contributed by atoms with Crippen molar-refractivity contribution in [3.63, 3.8) is 0 Å². The van der Waals surface area contributed by atoms with Crippen molar-refractivity contribution in [3.05, 3.63) is 34.4 Å². The summed E-state index contributed by atoms with van der Waals surface area (Å²) in [6, 6.07) is 0. The fourth-order valence-electron chi connectivity index (χ4n) is 3.00. The molecule has 6 heteroatoms. The third kappa shape index (κ3) is 4.09. The largest absolute Gasteiger partial charge is 0.458 e. The van der Waals surface area contributed by atoms with Crippen molar-refractivity contribution in [1.82, 2.24) is 0 Å². The molecule has 2 N–H and O–H groups in total. The molecular formula is C17H22O6. The lowest BCUT2D eigenvalue weighted by Crippen LogP contribution is -2.23. The Morgan fingerprint density at radius 3 is 2.57 bits per heavy atom. The molecule has 0 radical (unpaired) electrons. The maximum Gasteiger partial charge on any atom is 0.337 e. The second-order valence-electron chi connectivity index (χ2n) is 6.02. The molecule has 0 aromatic heterocycles. The topological polar surface area (TPSA) is 93.1 Å². The van der Waals surface area contributed by atoms with Crippen molar-refractivity contribution < 1.29 is 29.3 Å². The van der Waals surface area contributed by atoms with Crippen molar-refractivity contribution in [2.45, 2.75) is 51.9 Å². The zero-order valence-electron chi connectivity index (χ0n) is 13.5. The predicted molar refractivity (Wildman–Crippen MR) is 82.3 cm³/mol. The summed E-state index contributed by atoms with van der Waals surface area (Å²) in [5.74, 6) is -0.979. The Bertz CT molecular complexity index is 598. The zero-order chi connectivity index (χ0) is 17.1. The molecule has 2 rings (SSSR count). The Labute approximate surface area is 135 Å². The summed E-state index contributed by atoms with van der Waals surface area (Å²) in [6.07, 6.45) is 2.23. The van der Waals surface area contributed by atoms with E-state index in [1.54, 1.807) is 12.2 Å². The molecule has 1 aliphatic carbocycles. The molecule has 0 unspecified atom stereocenters. The second-order valence-corrected chi connectivity index (χ2v) is 6.02. The van der Waals surface area contributed by atoms with Crippen molar-refractivity contribution in [2.24, 2.45) is 0 Å². The lowest BCUT2D eigenvalue weighted by Gasteiger charge is -2.22. The van der Waals surface area contributed by atoms with Crippen LogP contribution in [0, 0.1) is 0 Å². The summed E-state index contributed by atoms with van der Waals surface area (Å²) < 4.78 is 10.5. The van der Waals surface area contributed by atoms with Crippen LogP contribution in [0.2, 0.25) is 0 Å². The number of esters is 2. The summed E-state index contributed by atoms with van der Waals surface area (Å²) >= 11 is 0. The SMILES string of the molecule is CC(=O)O[C@@H]1/C=C(\C)C[C@H](O)C2=C(CO)C(=O)O[C@@H]2/C=C(\C)C1. The molecule has 0 bridgehead atoms. The van der Waals surface area contributed by atoms with Gasteiger partial charge in [0.25, 0.3) is 0 Å². The minimum Gasteiger partial charge on any atom is -0.458 e. The molecule has 1 aliphatic heterocycles. The van der Waals surface area contributed by atoms with Crippen LogP contribution in [0.4, 0.5) is 0 Å². The Kier molecular flexibility index (Phi) is 5.38. The number of rotatable bonds is 2. The van der Waals surface area contributed by atoms with E-state index in [-0.39, 0.29) is 18.0 Å². The summed E-state index contributed by atoms with van der Waals surface area (Å²) in [7, 11) is 0. The van der Waals surface area contributed by atoms with Crippen LogP contribution in [0.3, 0.4) is 0 Å². The van der Waals surface area contributed by atoms with Crippen LogP contribution in [-0.4, -0.2) is 47.1 Å². The van der Waals surface area contributed by atoms with Crippen molar-refractivity contribution >= 4 is 11.9 Å². The molecule has 0 amide bonds. The van der Waals surface area contributed by atoms with E-state index in [0.717, 1.165) is 11.1 Å². The van der Waals surface area contributed by atoms with Crippen LogP contribution in [0.1, 0.15) is 33.6 Å². The number of hydrogen-bond acceptors (Lipinski definition) is 6. The molecule has 0 saturated carbocycles. The molecule has 0 saturated heterocycles. The van der Waals surface area contributed by atoms with Gasteiger partial charge in [0.15, 0.2) is 0 Å². The first kappa shape index (κ1) is 17.4. The monoisotopic (exact) mass is 322 g/mol. The van der Waals surface area contributed by atoms with Gasteiger partial charge in [-0.25, -0.2) is 4.79 Å². The number of hydrogen-bond donors (Lipinski definition) is 2. The van der Waals surface area contributed by atoms with E-state index >= 15 is 0 Å². The number of carbonyl (C=O) groups is 2. The van der Waals surface area contributed by atoms with Gasteiger partial charge < -0.3 is 19.7 Å². The minimum atomic E-state index is -0.940. The van der Waals surface area contributed by atoms with Crippen LogP contribution < -0.4 is 0 Å². The molecule has 2 aliphatic rings. The fourth-order valence-corrected chi connectivity index (χ4v) is 3.00. The number of ether oxygens (including phenoxy) is 2. The molecule has 0 aromatic carbocycles. The minimum absolute atomic E-state index is 0.122. The standard InChI is InChI=1S/C17H22O6/c1-9-4-12(22-11(3)19)5-10(2)7-15-16(14(20)6-9)13(8-18)17(21)23-15/h4,7,12,14-15,18,20H,5-6,8H2,1-3H3/b9-4+,10-7+/t12-,14+,15-/m1/s1. The predicted octanol–water partition coefficient (Wildman–Crippen LogP) is 1.18. The highest BCUT2D eigenvalue weighted by Crippen LogP contribution is 2.31. The molecule has 126 valence electrons. The molecule has 0 aromatic rings. The number of fused-ring (bicyclic) bond motifs is 1. The van der Waals surface area contributed by atoms with E-state index < -0.39 is 30.9 Å². The van der Waals surface area contributed by atoms with E-state index in [0.29, 0.717) is 12.0 Å². The molecule has 1 heterocycles. The Hall–Kier alpha value is -1.92. The summed E-state index contributed by atoms with van der Waals surface area (Å²) in [5.41, 5.74) is 2.23. The Morgan fingerprint density at radius 2 is 1.96 bits per heavy atom. The van der Waals surface area contributed by atoms with Crippen LogP contribution in [0.5, 0.6) is 0 Å². The Balaban J connectivity index is 2.40. The van der Waals surface area contributed by atoms with Crippen molar-refractivity contribution in [1.29, 1.82) is 0 Å². The van der Waals surface area contributed by atoms with Crippen molar-refractivity contribution in [3.8, 4) is 0 Å². The molecule has 0 spiro atoms. The first-order valence-electron chi connectivity index (χ1n) is 7.56. The highest BCUT2D eigenvalue weighted by molar-refractivity contribution is 5.93. The second kappa shape index (κ2) is 7.10. The van der Waals surface area contributed by atoms with Crippen LogP contribution >= 0.6 is 0 Å². The Morgan fingerprint density at radius 1 is 1.30 bits per heavy atom. The van der Waals surface area contributed by atoms with Gasteiger partial charge in [0.2, 0.25) is 0 Å². The highest BCUT2D eigenvalue weighted by Gasteiger charge is 2.36. The van der Waals surface area contributed by atoms with E-state index in [1.807, 2.05) is 13.8 Å². The average molecular weight is 322 g/mol. The van der Waals surface area contributed by atoms with E-state index in [1.165, 1.54) is 6.92 Å². The van der Waals surface area contributed by atoms with Crippen molar-refractivity contribution in [2.75, 3.05) is 6.61 Å². The van der Waals surface area contributed by atoms with Gasteiger partial charge in [-0.2, -0.15) is 0 Å². The molecule has 0 fully saturated rings. The van der Waals surface area contributed by atoms with Gasteiger partial charge in [-0.15, -0.1) is 0 Å². The average Bonchev–Trinajstić information content (AvgIpc) is 2.72. The normalized spacial score (nSPS) is 33.1. The maximum atomic E-state index is 11.8. The van der Waals surface area contributed by atoms with E-state index in [9.17, 15) is 19.8 Å². The van der Waals surface area contributed by atoms with Gasteiger partial charge in [-0.1, -0.05) is 11.1 Å². The van der Waals surface area contributed by atoms with Gasteiger partial charge in [-0.05, 0) is 32.4 Å². The molecule has 3 atom stereocenters.